The highest BCUT2D eigenvalue weighted by molar-refractivity contribution is 6.33. The van der Waals surface area contributed by atoms with Crippen molar-refractivity contribution in [1.82, 2.24) is 9.88 Å². The number of aryl methyl sites for hydroxylation is 1. The van der Waals surface area contributed by atoms with Crippen molar-refractivity contribution in [2.45, 2.75) is 19.8 Å². The maximum absolute atomic E-state index is 6.09. The number of hydrogen-bond acceptors (Lipinski definition) is 4. The number of benzene rings is 2. The molecule has 0 unspecified atom stereocenters. The number of rotatable bonds is 5. The SMILES string of the molecule is Cc1ccc2c(OCCN3CCC(=Cc4ccc(Cl)c(N)c4)CC3)cccc2n1. The van der Waals surface area contributed by atoms with Gasteiger partial charge in [-0.2, -0.15) is 0 Å². The number of ether oxygens (including phenoxy) is 1. The number of piperidine rings is 1. The summed E-state index contributed by atoms with van der Waals surface area (Å²) in [7, 11) is 0. The van der Waals surface area contributed by atoms with Crippen molar-refractivity contribution < 1.29 is 4.74 Å². The smallest absolute Gasteiger partial charge is 0.128 e. The van der Waals surface area contributed by atoms with Gasteiger partial charge in [-0.3, -0.25) is 9.88 Å². The minimum Gasteiger partial charge on any atom is -0.492 e. The highest BCUT2D eigenvalue weighted by Crippen LogP contribution is 2.26. The third kappa shape index (κ3) is 4.89. The fraction of sp³-hybridized carbons (Fsp3) is 0.292. The van der Waals surface area contributed by atoms with Crippen LogP contribution in [0.2, 0.25) is 5.02 Å². The number of nitrogens with zero attached hydrogens (tertiary/aromatic N) is 2. The molecule has 2 heterocycles. The second kappa shape index (κ2) is 8.85. The molecule has 0 radical (unpaired) electrons. The molecule has 1 fully saturated rings. The molecular weight excluding hydrogens is 382 g/mol. The zero-order valence-corrected chi connectivity index (χ0v) is 17.5. The van der Waals surface area contributed by atoms with Crippen molar-refractivity contribution in [3.05, 3.63) is 70.4 Å². The Morgan fingerprint density at radius 3 is 2.76 bits per heavy atom. The number of pyridine rings is 1. The van der Waals surface area contributed by atoms with Crippen molar-refractivity contribution in [2.75, 3.05) is 32.0 Å². The Hall–Kier alpha value is -2.56. The quantitative estimate of drug-likeness (QED) is 0.580. The lowest BCUT2D eigenvalue weighted by atomic mass is 10.0. The first-order valence-corrected chi connectivity index (χ1v) is 10.4. The molecule has 0 atom stereocenters. The van der Waals surface area contributed by atoms with E-state index in [1.165, 1.54) is 5.57 Å². The maximum Gasteiger partial charge on any atom is 0.128 e. The predicted molar refractivity (Wildman–Crippen MR) is 121 cm³/mol. The highest BCUT2D eigenvalue weighted by atomic mass is 35.5. The van der Waals surface area contributed by atoms with Gasteiger partial charge in [0.05, 0.1) is 16.2 Å². The molecule has 2 N–H and O–H groups in total. The van der Waals surface area contributed by atoms with Gasteiger partial charge < -0.3 is 10.5 Å². The molecule has 2 aromatic carbocycles. The number of likely N-dealkylation sites (tertiary alicyclic amines) is 1. The molecule has 4 nitrogen and oxygen atoms in total. The topological polar surface area (TPSA) is 51.4 Å². The Kier molecular flexibility index (Phi) is 6.02. The largest absolute Gasteiger partial charge is 0.492 e. The molecule has 1 aliphatic rings. The highest BCUT2D eigenvalue weighted by Gasteiger charge is 2.14. The Bertz CT molecular complexity index is 1040. The van der Waals surface area contributed by atoms with Crippen LogP contribution in [0.25, 0.3) is 17.0 Å². The molecule has 3 aromatic rings. The lowest BCUT2D eigenvalue weighted by molar-refractivity contribution is 0.200. The van der Waals surface area contributed by atoms with Crippen molar-refractivity contribution >= 4 is 34.3 Å². The van der Waals surface area contributed by atoms with Gasteiger partial charge in [0.15, 0.2) is 0 Å². The standard InChI is InChI=1S/C24H26ClN3O/c1-17-5-7-20-23(27-17)3-2-4-24(20)29-14-13-28-11-9-18(10-12-28)15-19-6-8-21(25)22(26)16-19/h2-8,15-16H,9-14,26H2,1H3. The molecule has 1 saturated heterocycles. The van der Waals surface area contributed by atoms with Crippen LogP contribution in [-0.2, 0) is 0 Å². The first-order valence-electron chi connectivity index (χ1n) is 10.0. The molecule has 0 bridgehead atoms. The van der Waals surface area contributed by atoms with Crippen LogP contribution in [0.15, 0.2) is 54.1 Å². The number of nitrogens with two attached hydrogens (primary N) is 1. The van der Waals surface area contributed by atoms with Crippen LogP contribution in [0.3, 0.4) is 0 Å². The third-order valence-corrected chi connectivity index (χ3v) is 5.73. The summed E-state index contributed by atoms with van der Waals surface area (Å²) in [6.07, 6.45) is 4.38. The van der Waals surface area contributed by atoms with E-state index < -0.39 is 0 Å². The Labute approximate surface area is 176 Å². The molecular formula is C24H26ClN3O. The van der Waals surface area contributed by atoms with Crippen LogP contribution in [0, 0.1) is 6.92 Å². The van der Waals surface area contributed by atoms with Gasteiger partial charge in [-0.05, 0) is 61.7 Å². The zero-order chi connectivity index (χ0) is 20.2. The molecule has 0 aliphatic carbocycles. The summed E-state index contributed by atoms with van der Waals surface area (Å²) in [5.74, 6) is 0.910. The molecule has 150 valence electrons. The number of fused-ring (bicyclic) bond motifs is 1. The number of hydrogen-bond donors (Lipinski definition) is 1. The molecule has 29 heavy (non-hydrogen) atoms. The third-order valence-electron chi connectivity index (χ3n) is 5.39. The van der Waals surface area contributed by atoms with Crippen LogP contribution in [0.5, 0.6) is 5.75 Å². The van der Waals surface area contributed by atoms with Crippen molar-refractivity contribution in [2.24, 2.45) is 0 Å². The van der Waals surface area contributed by atoms with Crippen LogP contribution in [0.1, 0.15) is 24.1 Å². The van der Waals surface area contributed by atoms with E-state index in [1.54, 1.807) is 0 Å². The minimum atomic E-state index is 0.610. The average Bonchev–Trinajstić information content (AvgIpc) is 2.72. The van der Waals surface area contributed by atoms with E-state index in [0.29, 0.717) is 17.3 Å². The number of nitrogen functional groups attached to an aromatic ring is 1. The molecule has 1 aromatic heterocycles. The summed E-state index contributed by atoms with van der Waals surface area (Å²) < 4.78 is 6.09. The Morgan fingerprint density at radius 1 is 1.14 bits per heavy atom. The molecule has 0 spiro atoms. The van der Waals surface area contributed by atoms with Crippen LogP contribution < -0.4 is 10.5 Å². The molecule has 5 heteroatoms. The van der Waals surface area contributed by atoms with Gasteiger partial charge >= 0.3 is 0 Å². The lowest BCUT2D eigenvalue weighted by Crippen LogP contribution is -2.34. The Balaban J connectivity index is 1.29. The summed E-state index contributed by atoms with van der Waals surface area (Å²) in [6.45, 7) is 5.72. The lowest BCUT2D eigenvalue weighted by Gasteiger charge is -2.28. The summed E-state index contributed by atoms with van der Waals surface area (Å²) in [5, 5.41) is 1.68. The average molecular weight is 408 g/mol. The van der Waals surface area contributed by atoms with Gasteiger partial charge in [0.25, 0.3) is 0 Å². The molecule has 1 aliphatic heterocycles. The van der Waals surface area contributed by atoms with Crippen LogP contribution in [-0.4, -0.2) is 36.1 Å². The first kappa shape index (κ1) is 19.7. The van der Waals surface area contributed by atoms with E-state index in [9.17, 15) is 0 Å². The molecule has 0 amide bonds. The van der Waals surface area contributed by atoms with Gasteiger partial charge in [-0.1, -0.05) is 35.4 Å². The van der Waals surface area contributed by atoms with E-state index in [4.69, 9.17) is 22.1 Å². The normalized spacial score (nSPS) is 14.9. The van der Waals surface area contributed by atoms with E-state index in [1.807, 2.05) is 49.4 Å². The second-order valence-corrected chi connectivity index (χ2v) is 7.96. The van der Waals surface area contributed by atoms with Gasteiger partial charge in [-0.25, -0.2) is 0 Å². The van der Waals surface area contributed by atoms with E-state index in [0.717, 1.165) is 60.4 Å². The van der Waals surface area contributed by atoms with Gasteiger partial charge in [-0.15, -0.1) is 0 Å². The summed E-state index contributed by atoms with van der Waals surface area (Å²) in [6, 6.07) is 16.0. The van der Waals surface area contributed by atoms with Crippen molar-refractivity contribution in [3.63, 3.8) is 0 Å². The zero-order valence-electron chi connectivity index (χ0n) is 16.7. The fourth-order valence-corrected chi connectivity index (χ4v) is 3.85. The molecule has 4 rings (SSSR count). The Morgan fingerprint density at radius 2 is 1.97 bits per heavy atom. The van der Waals surface area contributed by atoms with Crippen molar-refractivity contribution in [1.29, 1.82) is 0 Å². The molecule has 0 saturated carbocycles. The summed E-state index contributed by atoms with van der Waals surface area (Å²) >= 11 is 6.01. The second-order valence-electron chi connectivity index (χ2n) is 7.55. The summed E-state index contributed by atoms with van der Waals surface area (Å²) in [5.41, 5.74) is 11.1. The van der Waals surface area contributed by atoms with Crippen LogP contribution in [0.4, 0.5) is 5.69 Å². The number of halogens is 1. The van der Waals surface area contributed by atoms with Gasteiger partial charge in [0.2, 0.25) is 0 Å². The minimum absolute atomic E-state index is 0.610. The van der Waals surface area contributed by atoms with Crippen LogP contribution >= 0.6 is 11.6 Å². The maximum atomic E-state index is 6.09. The summed E-state index contributed by atoms with van der Waals surface area (Å²) in [4.78, 5) is 7.03. The number of anilines is 1. The van der Waals surface area contributed by atoms with E-state index >= 15 is 0 Å². The van der Waals surface area contributed by atoms with Crippen molar-refractivity contribution in [3.8, 4) is 5.75 Å². The predicted octanol–water partition coefficient (Wildman–Crippen LogP) is 5.34. The fourth-order valence-electron chi connectivity index (χ4n) is 3.74. The number of aromatic nitrogens is 1. The van der Waals surface area contributed by atoms with E-state index in [-0.39, 0.29) is 0 Å². The van der Waals surface area contributed by atoms with E-state index in [2.05, 4.69) is 22.0 Å². The van der Waals surface area contributed by atoms with Gasteiger partial charge in [0, 0.05) is 30.7 Å². The first-order chi connectivity index (χ1) is 14.1. The van der Waals surface area contributed by atoms with Gasteiger partial charge in [0.1, 0.15) is 12.4 Å². The monoisotopic (exact) mass is 407 g/mol.